The van der Waals surface area contributed by atoms with Crippen molar-refractivity contribution in [3.8, 4) is 0 Å². The third-order valence-electron chi connectivity index (χ3n) is 3.22. The molecule has 0 fully saturated rings. The standard InChI is InChI=1S/C16H20N2O/c1-13-6-8-14(9-7-13)11-17(2)12-16(19)15-5-4-10-18(15)3/h4-10H,11-12H2,1-3H3. The molecule has 100 valence electrons. The van der Waals surface area contributed by atoms with Crippen LogP contribution in [-0.2, 0) is 13.6 Å². The number of rotatable bonds is 5. The van der Waals surface area contributed by atoms with E-state index < -0.39 is 0 Å². The van der Waals surface area contributed by atoms with E-state index >= 15 is 0 Å². The Morgan fingerprint density at radius 1 is 1.21 bits per heavy atom. The quantitative estimate of drug-likeness (QED) is 0.768. The SMILES string of the molecule is Cc1ccc(CN(C)CC(=O)c2cccn2C)cc1. The number of Topliss-reactive ketones (excluding diaryl/α,β-unsaturated/α-hetero) is 1. The number of likely N-dealkylation sites (N-methyl/N-ethyl adjacent to an activating group) is 1. The second kappa shape index (κ2) is 5.85. The molecule has 1 aromatic heterocycles. The molecule has 2 aromatic rings. The summed E-state index contributed by atoms with van der Waals surface area (Å²) in [6, 6.07) is 12.2. The van der Waals surface area contributed by atoms with Gasteiger partial charge in [-0.3, -0.25) is 9.69 Å². The van der Waals surface area contributed by atoms with Gasteiger partial charge in [0.25, 0.3) is 0 Å². The van der Waals surface area contributed by atoms with E-state index in [-0.39, 0.29) is 5.78 Å². The summed E-state index contributed by atoms with van der Waals surface area (Å²) in [5, 5.41) is 0. The van der Waals surface area contributed by atoms with Crippen molar-refractivity contribution in [3.05, 3.63) is 59.4 Å². The summed E-state index contributed by atoms with van der Waals surface area (Å²) in [6.07, 6.45) is 1.90. The van der Waals surface area contributed by atoms with Crippen molar-refractivity contribution in [3.63, 3.8) is 0 Å². The fourth-order valence-corrected chi connectivity index (χ4v) is 2.14. The second-order valence-electron chi connectivity index (χ2n) is 5.09. The van der Waals surface area contributed by atoms with E-state index in [9.17, 15) is 4.79 Å². The molecule has 19 heavy (non-hydrogen) atoms. The van der Waals surface area contributed by atoms with Crippen LogP contribution >= 0.6 is 0 Å². The van der Waals surface area contributed by atoms with Crippen LogP contribution in [0.5, 0.6) is 0 Å². The van der Waals surface area contributed by atoms with E-state index in [2.05, 4.69) is 31.2 Å². The molecule has 3 heteroatoms. The average Bonchev–Trinajstić information content (AvgIpc) is 2.78. The van der Waals surface area contributed by atoms with E-state index in [1.807, 2.05) is 41.9 Å². The molecule has 0 saturated heterocycles. The number of hydrogen-bond acceptors (Lipinski definition) is 2. The van der Waals surface area contributed by atoms with Gasteiger partial charge in [-0.25, -0.2) is 0 Å². The van der Waals surface area contributed by atoms with Gasteiger partial charge < -0.3 is 4.57 Å². The fourth-order valence-electron chi connectivity index (χ4n) is 2.14. The molecule has 0 bridgehead atoms. The minimum atomic E-state index is 0.155. The van der Waals surface area contributed by atoms with Gasteiger partial charge in [0, 0.05) is 19.8 Å². The van der Waals surface area contributed by atoms with Crippen molar-refractivity contribution < 1.29 is 4.79 Å². The van der Waals surface area contributed by atoms with Gasteiger partial charge in [0.15, 0.2) is 5.78 Å². The van der Waals surface area contributed by atoms with Crippen LogP contribution in [0.1, 0.15) is 21.6 Å². The summed E-state index contributed by atoms with van der Waals surface area (Å²) >= 11 is 0. The first kappa shape index (κ1) is 13.6. The van der Waals surface area contributed by atoms with Crippen LogP contribution in [-0.4, -0.2) is 28.8 Å². The Balaban J connectivity index is 1.94. The highest BCUT2D eigenvalue weighted by Crippen LogP contribution is 2.07. The lowest BCUT2D eigenvalue weighted by atomic mass is 10.1. The van der Waals surface area contributed by atoms with Gasteiger partial charge >= 0.3 is 0 Å². The highest BCUT2D eigenvalue weighted by molar-refractivity contribution is 5.96. The average molecular weight is 256 g/mol. The number of hydrogen-bond donors (Lipinski definition) is 0. The molecule has 3 nitrogen and oxygen atoms in total. The van der Waals surface area contributed by atoms with Crippen LogP contribution in [0.4, 0.5) is 0 Å². The van der Waals surface area contributed by atoms with Crippen molar-refractivity contribution in [2.45, 2.75) is 13.5 Å². The molecule has 0 aliphatic heterocycles. The Kier molecular flexibility index (Phi) is 4.17. The van der Waals surface area contributed by atoms with E-state index in [1.165, 1.54) is 11.1 Å². The molecule has 0 saturated carbocycles. The highest BCUT2D eigenvalue weighted by Gasteiger charge is 2.11. The predicted octanol–water partition coefficient (Wildman–Crippen LogP) is 2.65. The molecule has 0 aliphatic rings. The second-order valence-corrected chi connectivity index (χ2v) is 5.09. The van der Waals surface area contributed by atoms with Gasteiger partial charge in [0.05, 0.1) is 12.2 Å². The fraction of sp³-hybridized carbons (Fsp3) is 0.312. The first-order valence-corrected chi connectivity index (χ1v) is 6.45. The normalized spacial score (nSPS) is 10.9. The number of aryl methyl sites for hydroxylation is 2. The Morgan fingerprint density at radius 2 is 1.89 bits per heavy atom. The molecule has 0 amide bonds. The van der Waals surface area contributed by atoms with Crippen LogP contribution in [0.3, 0.4) is 0 Å². The van der Waals surface area contributed by atoms with Crippen LogP contribution in [0.25, 0.3) is 0 Å². The first-order chi connectivity index (χ1) is 9.06. The lowest BCUT2D eigenvalue weighted by Crippen LogP contribution is -2.26. The van der Waals surface area contributed by atoms with E-state index in [0.29, 0.717) is 6.54 Å². The van der Waals surface area contributed by atoms with E-state index in [1.54, 1.807) is 0 Å². The largest absolute Gasteiger partial charge is 0.348 e. The van der Waals surface area contributed by atoms with Gasteiger partial charge in [-0.15, -0.1) is 0 Å². The summed E-state index contributed by atoms with van der Waals surface area (Å²) in [7, 11) is 3.87. The van der Waals surface area contributed by atoms with Crippen LogP contribution in [0.15, 0.2) is 42.6 Å². The molecule has 0 aliphatic carbocycles. The summed E-state index contributed by atoms with van der Waals surface area (Å²) in [6.45, 7) is 3.30. The molecule has 0 N–H and O–H groups in total. The maximum absolute atomic E-state index is 12.1. The molecule has 2 rings (SSSR count). The Labute approximate surface area is 114 Å². The molecule has 0 atom stereocenters. The van der Waals surface area contributed by atoms with Gasteiger partial charge in [-0.05, 0) is 31.7 Å². The molecule has 0 spiro atoms. The number of benzene rings is 1. The molecular formula is C16H20N2O. The molecule has 1 aromatic carbocycles. The number of carbonyl (C=O) groups is 1. The zero-order chi connectivity index (χ0) is 13.8. The molecular weight excluding hydrogens is 236 g/mol. The number of aromatic nitrogens is 1. The minimum Gasteiger partial charge on any atom is -0.348 e. The van der Waals surface area contributed by atoms with Crippen molar-refractivity contribution >= 4 is 5.78 Å². The van der Waals surface area contributed by atoms with Crippen LogP contribution in [0, 0.1) is 6.92 Å². The molecule has 1 heterocycles. The van der Waals surface area contributed by atoms with Crippen molar-refractivity contribution in [1.82, 2.24) is 9.47 Å². The number of carbonyl (C=O) groups excluding carboxylic acids is 1. The summed E-state index contributed by atoms with van der Waals surface area (Å²) in [5.74, 6) is 0.155. The van der Waals surface area contributed by atoms with Crippen LogP contribution < -0.4 is 0 Å². The zero-order valence-electron chi connectivity index (χ0n) is 11.8. The van der Waals surface area contributed by atoms with Gasteiger partial charge in [-0.1, -0.05) is 29.8 Å². The Hall–Kier alpha value is -1.87. The first-order valence-electron chi connectivity index (χ1n) is 6.45. The lowest BCUT2D eigenvalue weighted by molar-refractivity contribution is 0.0935. The highest BCUT2D eigenvalue weighted by atomic mass is 16.1. The monoisotopic (exact) mass is 256 g/mol. The summed E-state index contributed by atoms with van der Waals surface area (Å²) in [4.78, 5) is 14.2. The Bertz CT molecular complexity index is 554. The maximum atomic E-state index is 12.1. The third-order valence-corrected chi connectivity index (χ3v) is 3.22. The smallest absolute Gasteiger partial charge is 0.193 e. The maximum Gasteiger partial charge on any atom is 0.193 e. The minimum absolute atomic E-state index is 0.155. The van der Waals surface area contributed by atoms with E-state index in [0.717, 1.165) is 12.2 Å². The Morgan fingerprint density at radius 3 is 2.47 bits per heavy atom. The molecule has 0 radical (unpaired) electrons. The van der Waals surface area contributed by atoms with Crippen LogP contribution in [0.2, 0.25) is 0 Å². The summed E-state index contributed by atoms with van der Waals surface area (Å²) in [5.41, 5.74) is 3.25. The van der Waals surface area contributed by atoms with Crippen molar-refractivity contribution in [2.24, 2.45) is 7.05 Å². The zero-order valence-corrected chi connectivity index (χ0v) is 11.8. The third kappa shape index (κ3) is 3.55. The van der Waals surface area contributed by atoms with Gasteiger partial charge in [-0.2, -0.15) is 0 Å². The number of nitrogens with zero attached hydrogens (tertiary/aromatic N) is 2. The summed E-state index contributed by atoms with van der Waals surface area (Å²) < 4.78 is 1.86. The topological polar surface area (TPSA) is 25.2 Å². The van der Waals surface area contributed by atoms with Crippen molar-refractivity contribution in [1.29, 1.82) is 0 Å². The van der Waals surface area contributed by atoms with Gasteiger partial charge in [0.1, 0.15) is 0 Å². The van der Waals surface area contributed by atoms with E-state index in [4.69, 9.17) is 0 Å². The van der Waals surface area contributed by atoms with Crippen molar-refractivity contribution in [2.75, 3.05) is 13.6 Å². The lowest BCUT2D eigenvalue weighted by Gasteiger charge is -2.16. The molecule has 0 unspecified atom stereocenters. The number of ketones is 1. The predicted molar refractivity (Wildman–Crippen MR) is 77.3 cm³/mol. The van der Waals surface area contributed by atoms with Gasteiger partial charge in [0.2, 0.25) is 0 Å².